The van der Waals surface area contributed by atoms with Gasteiger partial charge in [0.05, 0.1) is 6.04 Å². The molecule has 0 bridgehead atoms. The minimum Gasteiger partial charge on any atom is -0.345 e. The maximum atomic E-state index is 12.6. The van der Waals surface area contributed by atoms with E-state index in [-0.39, 0.29) is 11.9 Å². The molecule has 0 radical (unpaired) electrons. The summed E-state index contributed by atoms with van der Waals surface area (Å²) in [6, 6.07) is 13.8. The van der Waals surface area contributed by atoms with Gasteiger partial charge in [0.2, 0.25) is 0 Å². The largest absolute Gasteiger partial charge is 0.345 e. The maximum absolute atomic E-state index is 12.6. The van der Waals surface area contributed by atoms with E-state index in [1.54, 1.807) is 0 Å². The van der Waals surface area contributed by atoms with Gasteiger partial charge in [0.1, 0.15) is 0 Å². The van der Waals surface area contributed by atoms with Crippen molar-refractivity contribution in [3.05, 3.63) is 69.7 Å². The lowest BCUT2D eigenvalue weighted by Crippen LogP contribution is -2.30. The molecule has 1 aliphatic carbocycles. The Morgan fingerprint density at radius 3 is 2.41 bits per heavy atom. The lowest BCUT2D eigenvalue weighted by Gasteiger charge is -2.20. The van der Waals surface area contributed by atoms with Gasteiger partial charge in [0.15, 0.2) is 0 Å². The first-order chi connectivity index (χ1) is 10.5. The average molecular weight is 314 g/mol. The molecule has 0 saturated heterocycles. The zero-order valence-corrected chi connectivity index (χ0v) is 13.7. The van der Waals surface area contributed by atoms with Gasteiger partial charge in [-0.1, -0.05) is 41.4 Å². The zero-order valence-electron chi connectivity index (χ0n) is 12.9. The van der Waals surface area contributed by atoms with Gasteiger partial charge in [-0.15, -0.1) is 0 Å². The highest BCUT2D eigenvalue weighted by atomic mass is 35.5. The third kappa shape index (κ3) is 3.33. The highest BCUT2D eigenvalue weighted by Gasteiger charge is 2.33. The van der Waals surface area contributed by atoms with Gasteiger partial charge in [0, 0.05) is 10.6 Å². The molecule has 0 heterocycles. The van der Waals surface area contributed by atoms with Crippen molar-refractivity contribution in [1.29, 1.82) is 0 Å². The smallest absolute Gasteiger partial charge is 0.252 e. The number of amides is 1. The second-order valence-electron chi connectivity index (χ2n) is 6.16. The van der Waals surface area contributed by atoms with Crippen LogP contribution in [0.3, 0.4) is 0 Å². The van der Waals surface area contributed by atoms with E-state index in [1.807, 2.05) is 56.3 Å². The van der Waals surface area contributed by atoms with Gasteiger partial charge in [-0.05, 0) is 61.9 Å². The van der Waals surface area contributed by atoms with E-state index in [2.05, 4.69) is 5.32 Å². The Hall–Kier alpha value is -1.80. The average Bonchev–Trinajstić information content (AvgIpc) is 3.30. The number of carbonyl (C=O) groups excluding carboxylic acids is 1. The van der Waals surface area contributed by atoms with Crippen molar-refractivity contribution in [2.24, 2.45) is 5.92 Å². The molecule has 1 atom stereocenters. The molecule has 0 aliphatic heterocycles. The van der Waals surface area contributed by atoms with Gasteiger partial charge < -0.3 is 5.32 Å². The first-order valence-electron chi connectivity index (χ1n) is 7.68. The van der Waals surface area contributed by atoms with Crippen LogP contribution in [0.15, 0.2) is 42.5 Å². The topological polar surface area (TPSA) is 29.1 Å². The van der Waals surface area contributed by atoms with Gasteiger partial charge in [-0.2, -0.15) is 0 Å². The van der Waals surface area contributed by atoms with Gasteiger partial charge in [-0.25, -0.2) is 0 Å². The number of benzene rings is 2. The minimum atomic E-state index is 0.00403. The van der Waals surface area contributed by atoms with Crippen molar-refractivity contribution in [2.75, 3.05) is 0 Å². The van der Waals surface area contributed by atoms with E-state index in [9.17, 15) is 4.79 Å². The van der Waals surface area contributed by atoms with Crippen LogP contribution in [0.4, 0.5) is 0 Å². The molecular weight excluding hydrogens is 294 g/mol. The SMILES string of the molecule is Cc1ccc(C(=O)NC(c2ccc(Cl)cc2)C2CC2)c(C)c1. The Morgan fingerprint density at radius 2 is 1.82 bits per heavy atom. The molecule has 114 valence electrons. The molecule has 1 saturated carbocycles. The number of hydrogen-bond donors (Lipinski definition) is 1. The molecule has 3 heteroatoms. The third-order valence-electron chi connectivity index (χ3n) is 4.24. The summed E-state index contributed by atoms with van der Waals surface area (Å²) >= 11 is 5.96. The van der Waals surface area contributed by atoms with Gasteiger partial charge in [0.25, 0.3) is 5.91 Å². The molecule has 1 amide bonds. The predicted molar refractivity (Wildman–Crippen MR) is 90.3 cm³/mol. The van der Waals surface area contributed by atoms with E-state index in [0.717, 1.165) is 21.7 Å². The minimum absolute atomic E-state index is 0.00403. The number of halogens is 1. The summed E-state index contributed by atoms with van der Waals surface area (Å²) in [7, 11) is 0. The molecular formula is C19H20ClNO. The lowest BCUT2D eigenvalue weighted by molar-refractivity contribution is 0.0931. The molecule has 2 aromatic carbocycles. The van der Waals surface area contributed by atoms with E-state index >= 15 is 0 Å². The molecule has 1 N–H and O–H groups in total. The Labute approximate surface area is 136 Å². The maximum Gasteiger partial charge on any atom is 0.252 e. The Kier molecular flexibility index (Phi) is 4.21. The Balaban J connectivity index is 1.82. The molecule has 3 rings (SSSR count). The third-order valence-corrected chi connectivity index (χ3v) is 4.49. The second kappa shape index (κ2) is 6.13. The summed E-state index contributed by atoms with van der Waals surface area (Å²) in [5.74, 6) is 0.542. The molecule has 0 spiro atoms. The van der Waals surface area contributed by atoms with Crippen molar-refractivity contribution in [3.8, 4) is 0 Å². The van der Waals surface area contributed by atoms with Crippen LogP contribution >= 0.6 is 11.6 Å². The van der Waals surface area contributed by atoms with Crippen LogP contribution in [0.2, 0.25) is 5.02 Å². The van der Waals surface area contributed by atoms with Gasteiger partial charge >= 0.3 is 0 Å². The number of aryl methyl sites for hydroxylation is 2. The van der Waals surface area contributed by atoms with E-state index in [4.69, 9.17) is 11.6 Å². The second-order valence-corrected chi connectivity index (χ2v) is 6.59. The van der Waals surface area contributed by atoms with Crippen LogP contribution in [0, 0.1) is 19.8 Å². The van der Waals surface area contributed by atoms with Crippen LogP contribution in [0.1, 0.15) is 45.9 Å². The highest BCUT2D eigenvalue weighted by Crippen LogP contribution is 2.41. The quantitative estimate of drug-likeness (QED) is 0.860. The fourth-order valence-electron chi connectivity index (χ4n) is 2.86. The van der Waals surface area contributed by atoms with Crippen LogP contribution in [-0.4, -0.2) is 5.91 Å². The lowest BCUT2D eigenvalue weighted by atomic mass is 10.0. The van der Waals surface area contributed by atoms with E-state index in [0.29, 0.717) is 5.92 Å². The number of rotatable bonds is 4. The first kappa shape index (κ1) is 15.1. The van der Waals surface area contributed by atoms with Crippen molar-refractivity contribution in [1.82, 2.24) is 5.32 Å². The van der Waals surface area contributed by atoms with Crippen molar-refractivity contribution in [3.63, 3.8) is 0 Å². The molecule has 1 aliphatic rings. The molecule has 2 nitrogen and oxygen atoms in total. The monoisotopic (exact) mass is 313 g/mol. The summed E-state index contributed by atoms with van der Waals surface area (Å²) in [5.41, 5.74) is 4.07. The standard InChI is InChI=1S/C19H20ClNO/c1-12-3-10-17(13(2)11-12)19(22)21-18(14-4-5-14)15-6-8-16(20)9-7-15/h3,6-11,14,18H,4-5H2,1-2H3,(H,21,22). The highest BCUT2D eigenvalue weighted by molar-refractivity contribution is 6.30. The zero-order chi connectivity index (χ0) is 15.7. The molecule has 2 aromatic rings. The normalized spacial score (nSPS) is 15.4. The predicted octanol–water partition coefficient (Wildman–Crippen LogP) is 4.84. The Bertz CT molecular complexity index is 689. The van der Waals surface area contributed by atoms with Crippen LogP contribution in [0.25, 0.3) is 0 Å². The van der Waals surface area contributed by atoms with Crippen molar-refractivity contribution >= 4 is 17.5 Å². The van der Waals surface area contributed by atoms with Gasteiger partial charge in [-0.3, -0.25) is 4.79 Å². The molecule has 22 heavy (non-hydrogen) atoms. The number of nitrogens with one attached hydrogen (secondary N) is 1. The summed E-state index contributed by atoms with van der Waals surface area (Å²) in [4.78, 5) is 12.6. The summed E-state index contributed by atoms with van der Waals surface area (Å²) in [6.45, 7) is 4.02. The molecule has 0 aromatic heterocycles. The van der Waals surface area contributed by atoms with E-state index in [1.165, 1.54) is 18.4 Å². The van der Waals surface area contributed by atoms with Crippen molar-refractivity contribution < 1.29 is 4.79 Å². The summed E-state index contributed by atoms with van der Waals surface area (Å²) < 4.78 is 0. The van der Waals surface area contributed by atoms with Crippen LogP contribution in [0.5, 0.6) is 0 Å². The fourth-order valence-corrected chi connectivity index (χ4v) is 2.99. The number of carbonyl (C=O) groups is 1. The van der Waals surface area contributed by atoms with Crippen molar-refractivity contribution in [2.45, 2.75) is 32.7 Å². The summed E-state index contributed by atoms with van der Waals surface area (Å²) in [6.07, 6.45) is 2.33. The van der Waals surface area contributed by atoms with Crippen LogP contribution in [-0.2, 0) is 0 Å². The number of hydrogen-bond acceptors (Lipinski definition) is 1. The fraction of sp³-hybridized carbons (Fsp3) is 0.316. The van der Waals surface area contributed by atoms with E-state index < -0.39 is 0 Å². The first-order valence-corrected chi connectivity index (χ1v) is 8.06. The molecule has 1 fully saturated rings. The summed E-state index contributed by atoms with van der Waals surface area (Å²) in [5, 5.41) is 3.93. The molecule has 1 unspecified atom stereocenters. The Morgan fingerprint density at radius 1 is 1.14 bits per heavy atom. The van der Waals surface area contributed by atoms with Crippen LogP contribution < -0.4 is 5.32 Å².